The minimum absolute atomic E-state index is 0.0146. The Hall–Kier alpha value is -2.39. The Kier molecular flexibility index (Phi) is 4.90. The standard InChI is InChI=1S/C15H10F2N2OS/c16-11-4-5-14(13(17)7-11)21-9-15(20)19-12-3-1-2-10(6-12)8-18/h1-7H,9H2,(H,19,20). The van der Waals surface area contributed by atoms with Gasteiger partial charge in [0, 0.05) is 16.6 Å². The minimum atomic E-state index is -0.695. The maximum atomic E-state index is 13.4. The predicted octanol–water partition coefficient (Wildman–Crippen LogP) is 3.57. The monoisotopic (exact) mass is 304 g/mol. The van der Waals surface area contributed by atoms with Crippen molar-refractivity contribution in [2.75, 3.05) is 11.1 Å². The summed E-state index contributed by atoms with van der Waals surface area (Å²) in [6.07, 6.45) is 0. The largest absolute Gasteiger partial charge is 0.325 e. The van der Waals surface area contributed by atoms with E-state index in [0.29, 0.717) is 11.3 Å². The van der Waals surface area contributed by atoms with Crippen LogP contribution in [0.2, 0.25) is 0 Å². The lowest BCUT2D eigenvalue weighted by molar-refractivity contribution is -0.113. The van der Waals surface area contributed by atoms with Gasteiger partial charge in [0.1, 0.15) is 11.6 Å². The highest BCUT2D eigenvalue weighted by molar-refractivity contribution is 8.00. The number of carbonyl (C=O) groups is 1. The van der Waals surface area contributed by atoms with Crippen molar-refractivity contribution in [3.05, 3.63) is 59.7 Å². The molecule has 0 heterocycles. The highest BCUT2D eigenvalue weighted by Gasteiger charge is 2.08. The van der Waals surface area contributed by atoms with Crippen LogP contribution in [0.25, 0.3) is 0 Å². The Bertz CT molecular complexity index is 713. The van der Waals surface area contributed by atoms with Crippen molar-refractivity contribution in [3.63, 3.8) is 0 Å². The zero-order valence-corrected chi connectivity index (χ0v) is 11.6. The number of thioether (sulfide) groups is 1. The van der Waals surface area contributed by atoms with Crippen LogP contribution in [0.15, 0.2) is 47.4 Å². The molecule has 1 amide bonds. The molecule has 0 aromatic heterocycles. The summed E-state index contributed by atoms with van der Waals surface area (Å²) in [5.41, 5.74) is 0.935. The number of rotatable bonds is 4. The summed E-state index contributed by atoms with van der Waals surface area (Å²) in [5.74, 6) is -1.70. The highest BCUT2D eigenvalue weighted by Crippen LogP contribution is 2.22. The molecule has 0 unspecified atom stereocenters. The number of carbonyl (C=O) groups excluding carboxylic acids is 1. The number of benzene rings is 2. The number of halogens is 2. The van der Waals surface area contributed by atoms with E-state index in [9.17, 15) is 13.6 Å². The van der Waals surface area contributed by atoms with E-state index in [1.165, 1.54) is 6.07 Å². The van der Waals surface area contributed by atoms with E-state index < -0.39 is 11.6 Å². The molecule has 1 N–H and O–H groups in total. The third-order valence-electron chi connectivity index (χ3n) is 2.53. The molecule has 0 saturated carbocycles. The fraction of sp³-hybridized carbons (Fsp3) is 0.0667. The van der Waals surface area contributed by atoms with Gasteiger partial charge >= 0.3 is 0 Å². The molecular formula is C15H10F2N2OS. The zero-order chi connectivity index (χ0) is 15.2. The topological polar surface area (TPSA) is 52.9 Å². The van der Waals surface area contributed by atoms with Crippen molar-refractivity contribution < 1.29 is 13.6 Å². The first-order valence-electron chi connectivity index (χ1n) is 5.96. The van der Waals surface area contributed by atoms with Crippen LogP contribution >= 0.6 is 11.8 Å². The summed E-state index contributed by atoms with van der Waals surface area (Å²) in [4.78, 5) is 12.0. The molecule has 0 radical (unpaired) electrons. The van der Waals surface area contributed by atoms with Gasteiger partial charge in [-0.3, -0.25) is 4.79 Å². The molecule has 0 aliphatic rings. The third kappa shape index (κ3) is 4.29. The van der Waals surface area contributed by atoms with Crippen molar-refractivity contribution in [1.82, 2.24) is 0 Å². The van der Waals surface area contributed by atoms with E-state index in [4.69, 9.17) is 5.26 Å². The molecule has 106 valence electrons. The maximum absolute atomic E-state index is 13.4. The Morgan fingerprint density at radius 3 is 2.76 bits per heavy atom. The molecule has 2 rings (SSSR count). The van der Waals surface area contributed by atoms with Crippen LogP contribution in [0.4, 0.5) is 14.5 Å². The number of nitrogens with zero attached hydrogens (tertiary/aromatic N) is 1. The van der Waals surface area contributed by atoms with Gasteiger partial charge in [-0.1, -0.05) is 6.07 Å². The number of hydrogen-bond donors (Lipinski definition) is 1. The van der Waals surface area contributed by atoms with E-state index in [0.717, 1.165) is 23.9 Å². The molecule has 0 spiro atoms. The summed E-state index contributed by atoms with van der Waals surface area (Å²) >= 11 is 0.974. The van der Waals surface area contributed by atoms with E-state index in [1.807, 2.05) is 6.07 Å². The quantitative estimate of drug-likeness (QED) is 0.879. The van der Waals surface area contributed by atoms with Gasteiger partial charge in [-0.05, 0) is 30.3 Å². The molecule has 0 saturated heterocycles. The Labute approximate surface area is 124 Å². The van der Waals surface area contributed by atoms with Crippen LogP contribution in [0, 0.1) is 23.0 Å². The average molecular weight is 304 g/mol. The first-order valence-corrected chi connectivity index (χ1v) is 6.95. The van der Waals surface area contributed by atoms with Crippen molar-refractivity contribution >= 4 is 23.4 Å². The van der Waals surface area contributed by atoms with Crippen molar-refractivity contribution in [1.29, 1.82) is 5.26 Å². The Morgan fingerprint density at radius 1 is 1.24 bits per heavy atom. The summed E-state index contributed by atoms with van der Waals surface area (Å²) < 4.78 is 26.1. The van der Waals surface area contributed by atoms with Crippen molar-refractivity contribution in [2.24, 2.45) is 0 Å². The van der Waals surface area contributed by atoms with E-state index >= 15 is 0 Å². The Balaban J connectivity index is 1.94. The van der Waals surface area contributed by atoms with Gasteiger partial charge in [0.2, 0.25) is 5.91 Å². The number of hydrogen-bond acceptors (Lipinski definition) is 3. The SMILES string of the molecule is N#Cc1cccc(NC(=O)CSc2ccc(F)cc2F)c1. The van der Waals surface area contributed by atoms with E-state index in [2.05, 4.69) is 5.32 Å². The summed E-state index contributed by atoms with van der Waals surface area (Å²) in [6, 6.07) is 11.6. The van der Waals surface area contributed by atoms with Gasteiger partial charge in [-0.25, -0.2) is 8.78 Å². The van der Waals surface area contributed by atoms with Crippen LogP contribution in [-0.4, -0.2) is 11.7 Å². The molecular weight excluding hydrogens is 294 g/mol. The lowest BCUT2D eigenvalue weighted by Crippen LogP contribution is -2.14. The molecule has 0 bridgehead atoms. The molecule has 21 heavy (non-hydrogen) atoms. The number of anilines is 1. The van der Waals surface area contributed by atoms with Crippen LogP contribution in [0.3, 0.4) is 0 Å². The molecule has 0 fully saturated rings. The van der Waals surface area contributed by atoms with E-state index in [1.54, 1.807) is 24.3 Å². The van der Waals surface area contributed by atoms with Gasteiger partial charge in [-0.2, -0.15) is 5.26 Å². The second kappa shape index (κ2) is 6.86. The van der Waals surface area contributed by atoms with Crippen molar-refractivity contribution in [3.8, 4) is 6.07 Å². The number of nitrogens with one attached hydrogen (secondary N) is 1. The number of amides is 1. The first kappa shape index (κ1) is 15.0. The maximum Gasteiger partial charge on any atom is 0.234 e. The highest BCUT2D eigenvalue weighted by atomic mass is 32.2. The summed E-state index contributed by atoms with van der Waals surface area (Å²) in [5, 5.41) is 11.4. The second-order valence-electron chi connectivity index (χ2n) is 4.10. The van der Waals surface area contributed by atoms with Gasteiger partial charge in [0.05, 0.1) is 17.4 Å². The lowest BCUT2D eigenvalue weighted by atomic mass is 10.2. The molecule has 0 atom stereocenters. The summed E-state index contributed by atoms with van der Waals surface area (Å²) in [6.45, 7) is 0. The van der Waals surface area contributed by atoms with E-state index in [-0.39, 0.29) is 16.6 Å². The molecule has 3 nitrogen and oxygen atoms in total. The fourth-order valence-electron chi connectivity index (χ4n) is 1.60. The molecule has 0 aliphatic heterocycles. The number of nitriles is 1. The van der Waals surface area contributed by atoms with Gasteiger partial charge in [-0.15, -0.1) is 11.8 Å². The third-order valence-corrected chi connectivity index (χ3v) is 3.58. The van der Waals surface area contributed by atoms with Crippen LogP contribution in [0.1, 0.15) is 5.56 Å². The van der Waals surface area contributed by atoms with Crippen LogP contribution in [-0.2, 0) is 4.79 Å². The lowest BCUT2D eigenvalue weighted by Gasteiger charge is -2.06. The molecule has 0 aliphatic carbocycles. The van der Waals surface area contributed by atoms with Gasteiger partial charge in [0.25, 0.3) is 0 Å². The zero-order valence-electron chi connectivity index (χ0n) is 10.8. The summed E-state index contributed by atoms with van der Waals surface area (Å²) in [7, 11) is 0. The van der Waals surface area contributed by atoms with Gasteiger partial charge in [0.15, 0.2) is 0 Å². The average Bonchev–Trinajstić information content (AvgIpc) is 2.46. The minimum Gasteiger partial charge on any atom is -0.325 e. The smallest absolute Gasteiger partial charge is 0.234 e. The molecule has 2 aromatic carbocycles. The fourth-order valence-corrected chi connectivity index (χ4v) is 2.32. The predicted molar refractivity (Wildman–Crippen MR) is 76.9 cm³/mol. The Morgan fingerprint density at radius 2 is 2.05 bits per heavy atom. The first-order chi connectivity index (χ1) is 10.1. The van der Waals surface area contributed by atoms with Crippen LogP contribution < -0.4 is 5.32 Å². The van der Waals surface area contributed by atoms with Gasteiger partial charge < -0.3 is 5.32 Å². The second-order valence-corrected chi connectivity index (χ2v) is 5.12. The normalized spacial score (nSPS) is 9.95. The van der Waals surface area contributed by atoms with Crippen molar-refractivity contribution in [2.45, 2.75) is 4.90 Å². The molecule has 6 heteroatoms. The van der Waals surface area contributed by atoms with Crippen LogP contribution in [0.5, 0.6) is 0 Å². The molecule has 2 aromatic rings.